The zero-order valence-electron chi connectivity index (χ0n) is 15.9. The maximum absolute atomic E-state index is 8.25. The minimum Gasteiger partial charge on any atom is -0.468 e. The molecule has 18 nitrogen and oxygen atoms in total. The van der Waals surface area contributed by atoms with Gasteiger partial charge >= 0.3 is 17.1 Å². The Balaban J connectivity index is -0.0000000950. The Kier molecular flexibility index (Phi) is 33.4. The molecule has 0 aliphatic heterocycles. The molecule has 0 fully saturated rings. The van der Waals surface area contributed by atoms with Crippen molar-refractivity contribution in [1.82, 2.24) is 21.3 Å². The number of ether oxygens (including phenoxy) is 2. The van der Waals surface area contributed by atoms with Crippen molar-refractivity contribution in [3.63, 3.8) is 0 Å². The maximum atomic E-state index is 8.25. The molecule has 19 heteroatoms. The number of hydrogen-bond acceptors (Lipinski definition) is 12. The Morgan fingerprint density at radius 3 is 1.10 bits per heavy atom. The van der Waals surface area contributed by atoms with Gasteiger partial charge in [-0.3, -0.25) is 32.3 Å². The van der Waals surface area contributed by atoms with Crippen LogP contribution >= 0.6 is 0 Å². The van der Waals surface area contributed by atoms with Crippen LogP contribution in [0.15, 0.2) is 0 Å². The van der Waals surface area contributed by atoms with Crippen LogP contribution in [-0.2, 0) is 26.5 Å². The van der Waals surface area contributed by atoms with Crippen LogP contribution in [0.25, 0.3) is 0 Å². The van der Waals surface area contributed by atoms with Crippen molar-refractivity contribution in [2.45, 2.75) is 13.8 Å². The summed E-state index contributed by atoms with van der Waals surface area (Å²) >= 11 is 0. The van der Waals surface area contributed by atoms with Crippen LogP contribution in [0.5, 0.6) is 0 Å². The van der Waals surface area contributed by atoms with Crippen molar-refractivity contribution in [3.05, 3.63) is 30.6 Å². The standard InChI is InChI=1S/2C5H12N4O.Cu.2NO3/c2*1-3-8-4(6)9-5(7)10-2;;2*2-1(3)4/h2*3H2,1-2H3,(H4,6,7,8,9);;;/q;;+2;2*-1. The summed E-state index contributed by atoms with van der Waals surface area (Å²) in [7, 11) is 2.74. The van der Waals surface area contributed by atoms with Crippen LogP contribution in [0, 0.1) is 52.3 Å². The summed E-state index contributed by atoms with van der Waals surface area (Å²) in [5, 5.41) is 67.6. The van der Waals surface area contributed by atoms with Crippen molar-refractivity contribution < 1.29 is 36.7 Å². The number of rotatable bonds is 2. The van der Waals surface area contributed by atoms with Gasteiger partial charge < -0.3 is 50.8 Å². The van der Waals surface area contributed by atoms with Crippen LogP contribution in [0.1, 0.15) is 13.8 Å². The monoisotopic (exact) mass is 475 g/mol. The van der Waals surface area contributed by atoms with Gasteiger partial charge in [-0.1, -0.05) is 0 Å². The minimum atomic E-state index is -1.75. The van der Waals surface area contributed by atoms with E-state index in [1.54, 1.807) is 0 Å². The first-order chi connectivity index (χ1) is 12.9. The molecule has 0 saturated heterocycles. The predicted octanol–water partition coefficient (Wildman–Crippen LogP) is -1.08. The quantitative estimate of drug-likeness (QED) is 0.0776. The summed E-state index contributed by atoms with van der Waals surface area (Å²) in [5.41, 5.74) is 0. The van der Waals surface area contributed by atoms with E-state index in [9.17, 15) is 0 Å². The SMILES string of the molecule is CCNC(=N)NC(=N)OC.CCNC(=N)NC(=N)OC.O=[N+]([O-])[O-].O=[N+]([O-])[O-].[Cu+2]. The number of guanidine groups is 2. The van der Waals surface area contributed by atoms with E-state index >= 15 is 0 Å². The summed E-state index contributed by atoms with van der Waals surface area (Å²) in [6, 6.07) is -0.267. The van der Waals surface area contributed by atoms with E-state index < -0.39 is 10.2 Å². The smallest absolute Gasteiger partial charge is 0.468 e. The summed E-state index contributed by atoms with van der Waals surface area (Å²) < 4.78 is 8.92. The molecule has 0 bridgehead atoms. The molecule has 8 N–H and O–H groups in total. The molecule has 0 aliphatic carbocycles. The predicted molar refractivity (Wildman–Crippen MR) is 99.3 cm³/mol. The first-order valence-electron chi connectivity index (χ1n) is 6.94. The average molecular weight is 476 g/mol. The largest absolute Gasteiger partial charge is 2.00 e. The van der Waals surface area contributed by atoms with E-state index in [0.717, 1.165) is 0 Å². The van der Waals surface area contributed by atoms with Gasteiger partial charge in [-0.15, -0.1) is 0 Å². The summed E-state index contributed by atoms with van der Waals surface area (Å²) in [4.78, 5) is 16.5. The fourth-order valence-electron chi connectivity index (χ4n) is 0.771. The van der Waals surface area contributed by atoms with E-state index in [1.807, 2.05) is 13.8 Å². The Morgan fingerprint density at radius 1 is 0.759 bits per heavy atom. The molecular weight excluding hydrogens is 452 g/mol. The second-order valence-electron chi connectivity index (χ2n) is 3.57. The second-order valence-corrected chi connectivity index (χ2v) is 3.57. The van der Waals surface area contributed by atoms with Crippen LogP contribution in [0.2, 0.25) is 0 Å². The zero-order valence-corrected chi connectivity index (χ0v) is 16.8. The van der Waals surface area contributed by atoms with E-state index in [0.29, 0.717) is 13.1 Å². The molecule has 0 atom stereocenters. The van der Waals surface area contributed by atoms with Crippen LogP contribution in [0.3, 0.4) is 0 Å². The minimum absolute atomic E-state index is 0. The van der Waals surface area contributed by atoms with E-state index in [-0.39, 0.29) is 41.0 Å². The number of methoxy groups -OCH3 is 2. The van der Waals surface area contributed by atoms with Gasteiger partial charge in [-0.2, -0.15) is 0 Å². The molecule has 0 aromatic carbocycles. The first kappa shape index (κ1) is 36.3. The normalized spacial score (nSPS) is 7.31. The van der Waals surface area contributed by atoms with E-state index in [4.69, 9.17) is 52.3 Å². The van der Waals surface area contributed by atoms with Gasteiger partial charge in [0.05, 0.1) is 24.4 Å². The molecule has 0 aliphatic rings. The van der Waals surface area contributed by atoms with Gasteiger partial charge in [0.2, 0.25) is 0 Å². The van der Waals surface area contributed by atoms with Gasteiger partial charge in [0.15, 0.2) is 11.9 Å². The molecular formula is C10H24CuN10O8. The Bertz CT molecular complexity index is 455. The molecule has 0 spiro atoms. The Morgan fingerprint density at radius 2 is 0.966 bits per heavy atom. The zero-order chi connectivity index (χ0) is 23.1. The molecule has 0 unspecified atom stereocenters. The third kappa shape index (κ3) is 59.0. The first-order valence-corrected chi connectivity index (χ1v) is 6.94. The van der Waals surface area contributed by atoms with E-state index in [1.165, 1.54) is 14.2 Å². The molecule has 0 heterocycles. The van der Waals surface area contributed by atoms with Gasteiger partial charge in [0.25, 0.3) is 12.0 Å². The van der Waals surface area contributed by atoms with Crippen molar-refractivity contribution in [1.29, 1.82) is 21.6 Å². The molecule has 0 aromatic rings. The Labute approximate surface area is 176 Å². The van der Waals surface area contributed by atoms with Gasteiger partial charge in [0, 0.05) is 13.1 Å². The number of amidine groups is 2. The van der Waals surface area contributed by atoms with Crippen molar-refractivity contribution in [2.75, 3.05) is 27.3 Å². The molecule has 173 valence electrons. The fraction of sp³-hybridized carbons (Fsp3) is 0.600. The molecule has 1 radical (unpaired) electrons. The van der Waals surface area contributed by atoms with Gasteiger partial charge in [0.1, 0.15) is 0 Å². The third-order valence-electron chi connectivity index (χ3n) is 1.59. The molecule has 29 heavy (non-hydrogen) atoms. The van der Waals surface area contributed by atoms with Gasteiger partial charge in [-0.25, -0.2) is 0 Å². The Hall–Kier alpha value is -3.60. The molecule has 0 amide bonds. The van der Waals surface area contributed by atoms with Crippen LogP contribution in [0.4, 0.5) is 0 Å². The molecule has 0 rings (SSSR count). The van der Waals surface area contributed by atoms with Crippen molar-refractivity contribution in [2.24, 2.45) is 0 Å². The number of hydrogen-bond donors (Lipinski definition) is 8. The molecule has 0 saturated carbocycles. The topological polar surface area (TPSA) is 294 Å². The van der Waals surface area contributed by atoms with Crippen LogP contribution < -0.4 is 21.3 Å². The van der Waals surface area contributed by atoms with Crippen molar-refractivity contribution >= 4 is 24.0 Å². The number of nitrogens with one attached hydrogen (secondary N) is 8. The van der Waals surface area contributed by atoms with Crippen molar-refractivity contribution in [3.8, 4) is 0 Å². The maximum Gasteiger partial charge on any atom is 2.00 e. The number of nitrogens with zero attached hydrogens (tertiary/aromatic N) is 2. The fourth-order valence-corrected chi connectivity index (χ4v) is 0.771. The second kappa shape index (κ2) is 26.6. The van der Waals surface area contributed by atoms with E-state index in [2.05, 4.69) is 30.7 Å². The third-order valence-corrected chi connectivity index (χ3v) is 1.59. The van der Waals surface area contributed by atoms with Gasteiger partial charge in [-0.05, 0) is 13.8 Å². The summed E-state index contributed by atoms with van der Waals surface area (Å²) in [5.74, 6) is 0.156. The molecule has 0 aromatic heterocycles. The summed E-state index contributed by atoms with van der Waals surface area (Å²) in [6.45, 7) is 5.05. The van der Waals surface area contributed by atoms with Crippen LogP contribution in [-0.4, -0.2) is 61.4 Å². The average Bonchev–Trinajstić information content (AvgIpc) is 2.54. The summed E-state index contributed by atoms with van der Waals surface area (Å²) in [6.07, 6.45) is 0.